The zero-order valence-corrected chi connectivity index (χ0v) is 15.3. The van der Waals surface area contributed by atoms with E-state index in [0.717, 1.165) is 24.4 Å². The normalized spacial score (nSPS) is 19.1. The molecule has 25 heavy (non-hydrogen) atoms. The molecule has 1 aromatic carbocycles. The van der Waals surface area contributed by atoms with E-state index in [0.29, 0.717) is 17.1 Å². The minimum atomic E-state index is -0.181. The van der Waals surface area contributed by atoms with Crippen LogP contribution in [0.25, 0.3) is 5.69 Å². The zero-order valence-electron chi connectivity index (χ0n) is 14.5. The van der Waals surface area contributed by atoms with Crippen LogP contribution in [0.2, 0.25) is 0 Å². The molecule has 1 amide bonds. The van der Waals surface area contributed by atoms with Crippen molar-refractivity contribution in [3.8, 4) is 5.69 Å². The molecule has 1 heterocycles. The minimum absolute atomic E-state index is 0.0981. The van der Waals surface area contributed by atoms with Crippen LogP contribution < -0.4 is 5.32 Å². The number of hydrogen-bond donors (Lipinski definition) is 1. The van der Waals surface area contributed by atoms with Gasteiger partial charge in [0.05, 0.1) is 10.9 Å². The number of thioether (sulfide) groups is 1. The Balaban J connectivity index is 1.48. The van der Waals surface area contributed by atoms with Crippen molar-refractivity contribution in [1.82, 2.24) is 20.1 Å². The highest BCUT2D eigenvalue weighted by Crippen LogP contribution is 2.40. The molecule has 2 saturated carbocycles. The summed E-state index contributed by atoms with van der Waals surface area (Å²) in [6.45, 7) is 1.94. The molecule has 132 valence electrons. The topological polar surface area (TPSA) is 59.8 Å². The summed E-state index contributed by atoms with van der Waals surface area (Å²) in [6, 6.07) is 10.5. The fraction of sp³-hybridized carbons (Fsp3) is 0.526. The van der Waals surface area contributed by atoms with Gasteiger partial charge in [-0.05, 0) is 44.7 Å². The number of nitrogens with zero attached hydrogens (tertiary/aromatic N) is 3. The highest BCUT2D eigenvalue weighted by Gasteiger charge is 2.31. The van der Waals surface area contributed by atoms with Crippen molar-refractivity contribution in [1.29, 1.82) is 0 Å². The van der Waals surface area contributed by atoms with Gasteiger partial charge in [-0.1, -0.05) is 42.8 Å². The van der Waals surface area contributed by atoms with Crippen molar-refractivity contribution in [3.63, 3.8) is 0 Å². The van der Waals surface area contributed by atoms with Crippen molar-refractivity contribution in [3.05, 3.63) is 36.2 Å². The summed E-state index contributed by atoms with van der Waals surface area (Å²) in [7, 11) is 0. The van der Waals surface area contributed by atoms with E-state index in [4.69, 9.17) is 4.98 Å². The number of rotatable bonds is 6. The molecule has 5 nitrogen and oxygen atoms in total. The number of nitrogens with one attached hydrogen (secondary N) is 1. The molecule has 6 heteroatoms. The van der Waals surface area contributed by atoms with Crippen LogP contribution in [0.5, 0.6) is 0 Å². The lowest BCUT2D eigenvalue weighted by Gasteiger charge is -2.15. The molecule has 4 rings (SSSR count). The van der Waals surface area contributed by atoms with Crippen LogP contribution in [0, 0.1) is 0 Å². The molecule has 1 N–H and O–H groups in total. The number of aromatic nitrogens is 3. The first-order valence-corrected chi connectivity index (χ1v) is 10.1. The maximum absolute atomic E-state index is 12.4. The van der Waals surface area contributed by atoms with Gasteiger partial charge in [0, 0.05) is 12.0 Å². The first-order chi connectivity index (χ1) is 12.2. The summed E-state index contributed by atoms with van der Waals surface area (Å²) in [5.74, 6) is 1.63. The lowest BCUT2D eigenvalue weighted by Crippen LogP contribution is -2.37. The second kappa shape index (κ2) is 7.20. The number of hydrogen-bond acceptors (Lipinski definition) is 4. The van der Waals surface area contributed by atoms with E-state index in [2.05, 4.69) is 10.4 Å². The molecular formula is C19H24N4OS. The first-order valence-electron chi connectivity index (χ1n) is 9.20. The van der Waals surface area contributed by atoms with E-state index in [9.17, 15) is 4.79 Å². The van der Waals surface area contributed by atoms with Crippen LogP contribution in [0.1, 0.15) is 57.2 Å². The van der Waals surface area contributed by atoms with Gasteiger partial charge in [-0.15, -0.1) is 5.10 Å². The summed E-state index contributed by atoms with van der Waals surface area (Å²) in [5, 5.41) is 8.36. The second-order valence-electron chi connectivity index (χ2n) is 7.02. The smallest absolute Gasteiger partial charge is 0.233 e. The van der Waals surface area contributed by atoms with Crippen molar-refractivity contribution in [2.75, 3.05) is 0 Å². The predicted molar refractivity (Wildman–Crippen MR) is 99.1 cm³/mol. The summed E-state index contributed by atoms with van der Waals surface area (Å²) >= 11 is 1.45. The van der Waals surface area contributed by atoms with Crippen LogP contribution in [-0.4, -0.2) is 32.0 Å². The average molecular weight is 356 g/mol. The third-order valence-electron chi connectivity index (χ3n) is 4.91. The first kappa shape index (κ1) is 16.6. The van der Waals surface area contributed by atoms with Gasteiger partial charge in [0.2, 0.25) is 11.1 Å². The van der Waals surface area contributed by atoms with E-state index in [1.165, 1.54) is 37.4 Å². The lowest BCUT2D eigenvalue weighted by molar-refractivity contribution is -0.120. The Morgan fingerprint density at radius 3 is 2.60 bits per heavy atom. The van der Waals surface area contributed by atoms with Crippen molar-refractivity contribution in [2.45, 2.75) is 67.8 Å². The molecule has 0 radical (unpaired) electrons. The summed E-state index contributed by atoms with van der Waals surface area (Å²) in [5.41, 5.74) is 1.03. The zero-order chi connectivity index (χ0) is 17.2. The van der Waals surface area contributed by atoms with Gasteiger partial charge in [0.1, 0.15) is 5.82 Å². The Hall–Kier alpha value is -1.82. The third kappa shape index (κ3) is 3.89. The molecule has 0 bridgehead atoms. The molecule has 1 aromatic heterocycles. The molecule has 0 saturated heterocycles. The fourth-order valence-electron chi connectivity index (χ4n) is 3.32. The Morgan fingerprint density at radius 1 is 1.20 bits per heavy atom. The van der Waals surface area contributed by atoms with Crippen molar-refractivity contribution >= 4 is 17.7 Å². The molecular weight excluding hydrogens is 332 g/mol. The largest absolute Gasteiger partial charge is 0.352 e. The number of amides is 1. The monoisotopic (exact) mass is 356 g/mol. The van der Waals surface area contributed by atoms with Gasteiger partial charge < -0.3 is 5.32 Å². The van der Waals surface area contributed by atoms with Crippen LogP contribution in [0.3, 0.4) is 0 Å². The SMILES string of the molecule is CC(Sc1nc(C2CC2)n(-c2ccccc2)n1)C(=O)NC1CCCC1. The van der Waals surface area contributed by atoms with Crippen LogP contribution in [-0.2, 0) is 4.79 Å². The van der Waals surface area contributed by atoms with E-state index in [1.54, 1.807) is 0 Å². The molecule has 2 aliphatic carbocycles. The van der Waals surface area contributed by atoms with Gasteiger partial charge in [0.15, 0.2) is 0 Å². The predicted octanol–water partition coefficient (Wildman–Crippen LogP) is 3.68. The van der Waals surface area contributed by atoms with Crippen molar-refractivity contribution in [2.24, 2.45) is 0 Å². The Kier molecular flexibility index (Phi) is 4.79. The van der Waals surface area contributed by atoms with Gasteiger partial charge in [-0.25, -0.2) is 9.67 Å². The van der Waals surface area contributed by atoms with E-state index < -0.39 is 0 Å². The number of benzene rings is 1. The van der Waals surface area contributed by atoms with Gasteiger partial charge in [-0.3, -0.25) is 4.79 Å². The number of carbonyl (C=O) groups excluding carboxylic acids is 1. The quantitative estimate of drug-likeness (QED) is 0.802. The Bertz CT molecular complexity index is 735. The standard InChI is InChI=1S/C19H24N4OS/c1-13(18(24)20-15-7-5-6-8-15)25-19-21-17(14-11-12-14)23(22-19)16-9-3-2-4-10-16/h2-4,9-10,13-15H,5-8,11-12H2,1H3,(H,20,24). The summed E-state index contributed by atoms with van der Waals surface area (Å²) in [6.07, 6.45) is 7.01. The van der Waals surface area contributed by atoms with Gasteiger partial charge in [-0.2, -0.15) is 0 Å². The highest BCUT2D eigenvalue weighted by molar-refractivity contribution is 8.00. The molecule has 1 unspecified atom stereocenters. The maximum Gasteiger partial charge on any atom is 0.233 e. The number of para-hydroxylation sites is 1. The third-order valence-corrected chi connectivity index (χ3v) is 5.86. The van der Waals surface area contributed by atoms with E-state index in [-0.39, 0.29) is 11.2 Å². The van der Waals surface area contributed by atoms with Gasteiger partial charge in [0.25, 0.3) is 0 Å². The molecule has 0 spiro atoms. The Morgan fingerprint density at radius 2 is 1.92 bits per heavy atom. The summed E-state index contributed by atoms with van der Waals surface area (Å²) < 4.78 is 1.95. The number of carbonyl (C=O) groups is 1. The van der Waals surface area contributed by atoms with Crippen LogP contribution in [0.15, 0.2) is 35.5 Å². The average Bonchev–Trinajstić information content (AvgIpc) is 3.18. The minimum Gasteiger partial charge on any atom is -0.352 e. The second-order valence-corrected chi connectivity index (χ2v) is 8.33. The molecule has 2 aromatic rings. The summed E-state index contributed by atoms with van der Waals surface area (Å²) in [4.78, 5) is 17.2. The fourth-order valence-corrected chi connectivity index (χ4v) is 4.09. The Labute approximate surface area is 152 Å². The molecule has 1 atom stereocenters. The maximum atomic E-state index is 12.4. The molecule has 2 fully saturated rings. The van der Waals surface area contributed by atoms with Crippen LogP contribution in [0.4, 0.5) is 0 Å². The highest BCUT2D eigenvalue weighted by atomic mass is 32.2. The van der Waals surface area contributed by atoms with Gasteiger partial charge >= 0.3 is 0 Å². The lowest BCUT2D eigenvalue weighted by atomic mass is 10.2. The van der Waals surface area contributed by atoms with Crippen LogP contribution >= 0.6 is 11.8 Å². The molecule has 2 aliphatic rings. The van der Waals surface area contributed by atoms with E-state index in [1.807, 2.05) is 41.9 Å². The molecule has 0 aliphatic heterocycles. The van der Waals surface area contributed by atoms with Crippen molar-refractivity contribution < 1.29 is 4.79 Å². The van der Waals surface area contributed by atoms with E-state index >= 15 is 0 Å².